The molecule has 1 saturated carbocycles. The van der Waals surface area contributed by atoms with Gasteiger partial charge in [-0.15, -0.1) is 0 Å². The fourth-order valence-electron chi connectivity index (χ4n) is 3.76. The Hall–Kier alpha value is -0.0400. The number of nitrogens with one attached hydrogen (secondary N) is 1. The first-order chi connectivity index (χ1) is 9.27. The lowest BCUT2D eigenvalue weighted by molar-refractivity contribution is 0.213. The van der Waals surface area contributed by atoms with E-state index < -0.39 is 0 Å². The largest absolute Gasteiger partial charge is 0.314 e. The molecule has 0 bridgehead atoms. The molecule has 0 radical (unpaired) electrons. The second-order valence-electron chi connectivity index (χ2n) is 6.75. The fraction of sp³-hybridized carbons (Fsp3) is 1.00. The van der Waals surface area contributed by atoms with E-state index in [1.165, 1.54) is 70.6 Å². The number of hydrogen-bond donors (Lipinski definition) is 1. The van der Waals surface area contributed by atoms with Gasteiger partial charge in [-0.05, 0) is 37.6 Å². The molecule has 1 aliphatic rings. The van der Waals surface area contributed by atoms with Gasteiger partial charge in [-0.1, -0.05) is 72.1 Å². The first-order valence-corrected chi connectivity index (χ1v) is 9.01. The van der Waals surface area contributed by atoms with Crippen LogP contribution in [0.15, 0.2) is 0 Å². The number of unbranched alkanes of at least 4 members (excludes halogenated alkanes) is 5. The minimum absolute atomic E-state index is 0.805. The fourth-order valence-corrected chi connectivity index (χ4v) is 3.76. The molecule has 3 atom stereocenters. The van der Waals surface area contributed by atoms with E-state index >= 15 is 0 Å². The van der Waals surface area contributed by atoms with Crippen molar-refractivity contribution in [3.8, 4) is 0 Å². The Kier molecular flexibility index (Phi) is 9.59. The monoisotopic (exact) mass is 267 g/mol. The second kappa shape index (κ2) is 10.7. The van der Waals surface area contributed by atoms with Crippen molar-refractivity contribution >= 4 is 0 Å². The summed E-state index contributed by atoms with van der Waals surface area (Å²) in [5.41, 5.74) is 0. The highest BCUT2D eigenvalue weighted by molar-refractivity contribution is 4.81. The lowest BCUT2D eigenvalue weighted by atomic mass is 9.77. The maximum absolute atomic E-state index is 3.77. The van der Waals surface area contributed by atoms with E-state index in [-0.39, 0.29) is 0 Å². The third-order valence-corrected chi connectivity index (χ3v) is 4.88. The third kappa shape index (κ3) is 7.34. The molecular weight excluding hydrogens is 230 g/mol. The van der Waals surface area contributed by atoms with Crippen LogP contribution in [0, 0.1) is 11.8 Å². The molecule has 1 rings (SSSR count). The van der Waals surface area contributed by atoms with Crippen LogP contribution in [0.3, 0.4) is 0 Å². The summed E-state index contributed by atoms with van der Waals surface area (Å²) >= 11 is 0. The molecule has 0 aromatic carbocycles. The van der Waals surface area contributed by atoms with Crippen molar-refractivity contribution in [3.63, 3.8) is 0 Å². The first kappa shape index (κ1) is 17.0. The summed E-state index contributed by atoms with van der Waals surface area (Å²) in [5.74, 6) is 1.92. The zero-order chi connectivity index (χ0) is 13.9. The molecule has 1 N–H and O–H groups in total. The normalized spacial score (nSPS) is 25.4. The Morgan fingerprint density at radius 1 is 1.00 bits per heavy atom. The van der Waals surface area contributed by atoms with Crippen molar-refractivity contribution in [1.29, 1.82) is 0 Å². The van der Waals surface area contributed by atoms with Crippen molar-refractivity contribution in [1.82, 2.24) is 5.32 Å². The second-order valence-corrected chi connectivity index (χ2v) is 6.75. The van der Waals surface area contributed by atoms with Crippen molar-refractivity contribution in [2.75, 3.05) is 6.54 Å². The van der Waals surface area contributed by atoms with Crippen molar-refractivity contribution in [3.05, 3.63) is 0 Å². The zero-order valence-corrected chi connectivity index (χ0v) is 13.7. The summed E-state index contributed by atoms with van der Waals surface area (Å²) in [6, 6.07) is 0.805. The van der Waals surface area contributed by atoms with E-state index in [1.807, 2.05) is 0 Å². The van der Waals surface area contributed by atoms with Crippen molar-refractivity contribution in [2.24, 2.45) is 11.8 Å². The van der Waals surface area contributed by atoms with Crippen LogP contribution in [0.1, 0.15) is 91.4 Å². The summed E-state index contributed by atoms with van der Waals surface area (Å²) in [5, 5.41) is 3.77. The third-order valence-electron chi connectivity index (χ3n) is 4.88. The molecule has 0 saturated heterocycles. The topological polar surface area (TPSA) is 12.0 Å². The molecule has 3 unspecified atom stereocenters. The lowest BCUT2D eigenvalue weighted by Crippen LogP contribution is -2.38. The van der Waals surface area contributed by atoms with Crippen LogP contribution in [0.25, 0.3) is 0 Å². The molecule has 1 heteroatoms. The molecule has 0 spiro atoms. The predicted molar refractivity (Wildman–Crippen MR) is 86.6 cm³/mol. The van der Waals surface area contributed by atoms with E-state index in [0.717, 1.165) is 24.4 Å². The molecule has 0 aromatic rings. The molecule has 0 amide bonds. The molecular formula is C18H37N. The van der Waals surface area contributed by atoms with E-state index in [1.54, 1.807) is 0 Å². The van der Waals surface area contributed by atoms with E-state index in [0.29, 0.717) is 0 Å². The first-order valence-electron chi connectivity index (χ1n) is 9.01. The summed E-state index contributed by atoms with van der Waals surface area (Å²) in [7, 11) is 0. The summed E-state index contributed by atoms with van der Waals surface area (Å²) in [6.45, 7) is 8.15. The van der Waals surface area contributed by atoms with E-state index in [9.17, 15) is 0 Å². The van der Waals surface area contributed by atoms with Crippen LogP contribution in [-0.4, -0.2) is 12.6 Å². The average molecular weight is 268 g/mol. The van der Waals surface area contributed by atoms with E-state index in [4.69, 9.17) is 0 Å². The van der Waals surface area contributed by atoms with Gasteiger partial charge < -0.3 is 5.32 Å². The van der Waals surface area contributed by atoms with Gasteiger partial charge >= 0.3 is 0 Å². The van der Waals surface area contributed by atoms with Gasteiger partial charge in [0.05, 0.1) is 0 Å². The van der Waals surface area contributed by atoms with Gasteiger partial charge in [-0.3, -0.25) is 0 Å². The summed E-state index contributed by atoms with van der Waals surface area (Å²) in [6.07, 6.45) is 15.9. The minimum atomic E-state index is 0.805. The van der Waals surface area contributed by atoms with Crippen molar-refractivity contribution < 1.29 is 0 Å². The molecule has 114 valence electrons. The van der Waals surface area contributed by atoms with Crippen LogP contribution in [-0.2, 0) is 0 Å². The van der Waals surface area contributed by atoms with Gasteiger partial charge in [-0.25, -0.2) is 0 Å². The average Bonchev–Trinajstić information content (AvgIpc) is 2.41. The summed E-state index contributed by atoms with van der Waals surface area (Å²) in [4.78, 5) is 0. The molecule has 1 nitrogen and oxygen atoms in total. The lowest BCUT2D eigenvalue weighted by Gasteiger charge is -2.34. The molecule has 0 aliphatic heterocycles. The summed E-state index contributed by atoms with van der Waals surface area (Å²) < 4.78 is 0. The van der Waals surface area contributed by atoms with Gasteiger partial charge in [0, 0.05) is 6.04 Å². The molecule has 1 aliphatic carbocycles. The van der Waals surface area contributed by atoms with Gasteiger partial charge in [0.15, 0.2) is 0 Å². The quantitative estimate of drug-likeness (QED) is 0.512. The van der Waals surface area contributed by atoms with Crippen LogP contribution in [0.2, 0.25) is 0 Å². The Morgan fingerprint density at radius 2 is 1.74 bits per heavy atom. The number of hydrogen-bond acceptors (Lipinski definition) is 1. The predicted octanol–water partition coefficient (Wildman–Crippen LogP) is 5.54. The maximum Gasteiger partial charge on any atom is 0.00953 e. The van der Waals surface area contributed by atoms with Crippen molar-refractivity contribution in [2.45, 2.75) is 97.4 Å². The SMILES string of the molecule is CCCCCCCCC(NCC)C1CCCC(C)C1. The van der Waals surface area contributed by atoms with Gasteiger partial charge in [0.1, 0.15) is 0 Å². The van der Waals surface area contributed by atoms with Gasteiger partial charge in [-0.2, -0.15) is 0 Å². The molecule has 0 aromatic heterocycles. The highest BCUT2D eigenvalue weighted by Gasteiger charge is 2.25. The molecule has 0 heterocycles. The van der Waals surface area contributed by atoms with Gasteiger partial charge in [0.2, 0.25) is 0 Å². The maximum atomic E-state index is 3.77. The number of rotatable bonds is 10. The molecule has 1 fully saturated rings. The Bertz CT molecular complexity index is 202. The van der Waals surface area contributed by atoms with E-state index in [2.05, 4.69) is 26.1 Å². The van der Waals surface area contributed by atoms with Crippen LogP contribution >= 0.6 is 0 Å². The smallest absolute Gasteiger partial charge is 0.00953 e. The standard InChI is InChI=1S/C18H37N/c1-4-6-7-8-9-10-14-18(19-5-2)17-13-11-12-16(3)15-17/h16-19H,4-15H2,1-3H3. The van der Waals surface area contributed by atoms with Crippen LogP contribution < -0.4 is 5.32 Å². The minimum Gasteiger partial charge on any atom is -0.314 e. The van der Waals surface area contributed by atoms with Gasteiger partial charge in [0.25, 0.3) is 0 Å². The van der Waals surface area contributed by atoms with Crippen LogP contribution in [0.5, 0.6) is 0 Å². The Balaban J connectivity index is 2.19. The Morgan fingerprint density at radius 3 is 2.42 bits per heavy atom. The van der Waals surface area contributed by atoms with Crippen LogP contribution in [0.4, 0.5) is 0 Å². The Labute approximate surface area is 121 Å². The molecule has 19 heavy (non-hydrogen) atoms. The zero-order valence-electron chi connectivity index (χ0n) is 13.7. The highest BCUT2D eigenvalue weighted by Crippen LogP contribution is 2.32. The highest BCUT2D eigenvalue weighted by atomic mass is 14.9.